The summed E-state index contributed by atoms with van der Waals surface area (Å²) < 4.78 is 0. The molecular formula is C16H20N4O3. The van der Waals surface area contributed by atoms with Crippen LogP contribution in [0.25, 0.3) is 0 Å². The average molecular weight is 316 g/mol. The maximum Gasteiger partial charge on any atom is 0.272 e. The average Bonchev–Trinajstić information content (AvgIpc) is 2.87. The molecular weight excluding hydrogens is 296 g/mol. The topological polar surface area (TPSA) is 82.6 Å². The number of pyridine rings is 1. The molecule has 0 radical (unpaired) electrons. The van der Waals surface area contributed by atoms with E-state index < -0.39 is 6.04 Å². The van der Waals surface area contributed by atoms with Crippen molar-refractivity contribution in [2.24, 2.45) is 0 Å². The maximum atomic E-state index is 12.4. The molecule has 2 saturated heterocycles. The Hall–Kier alpha value is -2.44. The van der Waals surface area contributed by atoms with Crippen LogP contribution in [0.5, 0.6) is 0 Å². The van der Waals surface area contributed by atoms with Crippen LogP contribution in [0.3, 0.4) is 0 Å². The van der Waals surface area contributed by atoms with Gasteiger partial charge in [0.1, 0.15) is 11.7 Å². The normalized spacial score (nSPS) is 21.7. The number of hydrogen-bond donors (Lipinski definition) is 1. The number of hydrogen-bond acceptors (Lipinski definition) is 4. The highest BCUT2D eigenvalue weighted by Gasteiger charge is 2.32. The summed E-state index contributed by atoms with van der Waals surface area (Å²) >= 11 is 0. The van der Waals surface area contributed by atoms with E-state index in [4.69, 9.17) is 0 Å². The zero-order valence-electron chi connectivity index (χ0n) is 12.9. The molecule has 0 bridgehead atoms. The van der Waals surface area contributed by atoms with Crippen LogP contribution in [-0.4, -0.2) is 64.7 Å². The fraction of sp³-hybridized carbons (Fsp3) is 0.500. The van der Waals surface area contributed by atoms with E-state index in [1.165, 1.54) is 0 Å². The van der Waals surface area contributed by atoms with E-state index in [0.717, 1.165) is 6.42 Å². The van der Waals surface area contributed by atoms with Gasteiger partial charge in [0, 0.05) is 38.8 Å². The van der Waals surface area contributed by atoms with E-state index in [1.54, 1.807) is 34.2 Å². The summed E-state index contributed by atoms with van der Waals surface area (Å²) in [5.41, 5.74) is 0.426. The van der Waals surface area contributed by atoms with Crippen molar-refractivity contribution in [1.29, 1.82) is 0 Å². The lowest BCUT2D eigenvalue weighted by molar-refractivity contribution is -0.134. The Morgan fingerprint density at radius 3 is 2.61 bits per heavy atom. The van der Waals surface area contributed by atoms with Crippen molar-refractivity contribution in [3.63, 3.8) is 0 Å². The van der Waals surface area contributed by atoms with Gasteiger partial charge in [-0.1, -0.05) is 6.07 Å². The van der Waals surface area contributed by atoms with Crippen LogP contribution in [0, 0.1) is 0 Å². The van der Waals surface area contributed by atoms with Gasteiger partial charge in [-0.05, 0) is 25.0 Å². The van der Waals surface area contributed by atoms with Gasteiger partial charge >= 0.3 is 0 Å². The van der Waals surface area contributed by atoms with Crippen molar-refractivity contribution >= 4 is 17.7 Å². The number of carbonyl (C=O) groups is 3. The Bertz CT molecular complexity index is 605. The second-order valence-electron chi connectivity index (χ2n) is 5.84. The molecule has 3 rings (SSSR count). The summed E-state index contributed by atoms with van der Waals surface area (Å²) in [4.78, 5) is 43.7. The van der Waals surface area contributed by atoms with Gasteiger partial charge in [-0.2, -0.15) is 0 Å². The van der Waals surface area contributed by atoms with Gasteiger partial charge < -0.3 is 15.1 Å². The van der Waals surface area contributed by atoms with Crippen molar-refractivity contribution in [3.05, 3.63) is 30.1 Å². The molecule has 0 saturated carbocycles. The molecule has 1 atom stereocenters. The van der Waals surface area contributed by atoms with Gasteiger partial charge in [-0.25, -0.2) is 0 Å². The lowest BCUT2D eigenvalue weighted by Crippen LogP contribution is -2.46. The lowest BCUT2D eigenvalue weighted by atomic mass is 10.2. The standard InChI is InChI=1S/C16H20N4O3/c21-14-6-5-13(18-14)16(23)20-9-3-8-19(10-11-20)15(22)12-4-1-2-7-17-12/h1-2,4,7,13H,3,5-6,8-11H2,(H,18,21). The largest absolute Gasteiger partial charge is 0.344 e. The first-order chi connectivity index (χ1) is 11.1. The number of nitrogens with zero attached hydrogens (tertiary/aromatic N) is 3. The van der Waals surface area contributed by atoms with Crippen LogP contribution in [0.1, 0.15) is 29.8 Å². The van der Waals surface area contributed by atoms with Gasteiger partial charge in [0.25, 0.3) is 5.91 Å². The van der Waals surface area contributed by atoms with E-state index in [-0.39, 0.29) is 17.7 Å². The molecule has 1 aromatic heterocycles. The van der Waals surface area contributed by atoms with Crippen molar-refractivity contribution in [2.45, 2.75) is 25.3 Å². The molecule has 2 aliphatic rings. The summed E-state index contributed by atoms with van der Waals surface area (Å²) in [6.07, 6.45) is 3.30. The van der Waals surface area contributed by atoms with E-state index >= 15 is 0 Å². The van der Waals surface area contributed by atoms with E-state index in [2.05, 4.69) is 10.3 Å². The van der Waals surface area contributed by atoms with Crippen molar-refractivity contribution in [2.75, 3.05) is 26.2 Å². The molecule has 7 heteroatoms. The molecule has 0 aromatic carbocycles. The molecule has 1 N–H and O–H groups in total. The minimum atomic E-state index is -0.402. The quantitative estimate of drug-likeness (QED) is 0.835. The predicted molar refractivity (Wildman–Crippen MR) is 82.5 cm³/mol. The SMILES string of the molecule is O=C1CCC(C(=O)N2CCCN(C(=O)c3ccccn3)CC2)N1. The van der Waals surface area contributed by atoms with Gasteiger partial charge in [0.2, 0.25) is 11.8 Å². The third-order valence-electron chi connectivity index (χ3n) is 4.27. The molecule has 122 valence electrons. The van der Waals surface area contributed by atoms with Crippen LogP contribution in [0.4, 0.5) is 0 Å². The first-order valence-electron chi connectivity index (χ1n) is 7.93. The fourth-order valence-electron chi connectivity index (χ4n) is 3.01. The van der Waals surface area contributed by atoms with Crippen molar-refractivity contribution < 1.29 is 14.4 Å². The second-order valence-corrected chi connectivity index (χ2v) is 5.84. The zero-order chi connectivity index (χ0) is 16.2. The summed E-state index contributed by atoms with van der Waals surface area (Å²) in [6, 6.07) is 4.86. The van der Waals surface area contributed by atoms with E-state index in [0.29, 0.717) is 44.7 Å². The lowest BCUT2D eigenvalue weighted by Gasteiger charge is -2.24. The van der Waals surface area contributed by atoms with Gasteiger partial charge in [0.05, 0.1) is 0 Å². The number of amides is 3. The minimum absolute atomic E-state index is 0.0389. The van der Waals surface area contributed by atoms with Crippen LogP contribution in [-0.2, 0) is 9.59 Å². The highest BCUT2D eigenvalue weighted by atomic mass is 16.2. The van der Waals surface area contributed by atoms with E-state index in [9.17, 15) is 14.4 Å². The van der Waals surface area contributed by atoms with Crippen LogP contribution in [0.15, 0.2) is 24.4 Å². The number of aromatic nitrogens is 1. The molecule has 2 aliphatic heterocycles. The molecule has 2 fully saturated rings. The van der Waals surface area contributed by atoms with Crippen LogP contribution < -0.4 is 5.32 Å². The third-order valence-corrected chi connectivity index (χ3v) is 4.27. The molecule has 1 unspecified atom stereocenters. The summed E-state index contributed by atoms with van der Waals surface area (Å²) in [7, 11) is 0. The van der Waals surface area contributed by atoms with Gasteiger partial charge in [-0.15, -0.1) is 0 Å². The van der Waals surface area contributed by atoms with Crippen LogP contribution in [0.2, 0.25) is 0 Å². The fourth-order valence-corrected chi connectivity index (χ4v) is 3.01. The smallest absolute Gasteiger partial charge is 0.272 e. The molecule has 7 nitrogen and oxygen atoms in total. The molecule has 3 amide bonds. The second kappa shape index (κ2) is 6.76. The summed E-state index contributed by atoms with van der Waals surface area (Å²) in [6.45, 7) is 2.19. The highest BCUT2D eigenvalue weighted by molar-refractivity contribution is 5.93. The molecule has 3 heterocycles. The highest BCUT2D eigenvalue weighted by Crippen LogP contribution is 2.13. The molecule has 0 spiro atoms. The minimum Gasteiger partial charge on any atom is -0.344 e. The Morgan fingerprint density at radius 2 is 1.91 bits per heavy atom. The first-order valence-corrected chi connectivity index (χ1v) is 7.93. The van der Waals surface area contributed by atoms with Gasteiger partial charge in [0.15, 0.2) is 0 Å². The molecule has 1 aromatic rings. The summed E-state index contributed by atoms with van der Waals surface area (Å²) in [5.74, 6) is -0.206. The van der Waals surface area contributed by atoms with Crippen LogP contribution >= 0.6 is 0 Å². The van der Waals surface area contributed by atoms with Gasteiger partial charge in [-0.3, -0.25) is 19.4 Å². The predicted octanol–water partition coefficient (Wildman–Crippen LogP) is 0.0347. The zero-order valence-corrected chi connectivity index (χ0v) is 12.9. The Kier molecular flexibility index (Phi) is 4.55. The number of carbonyl (C=O) groups excluding carboxylic acids is 3. The monoisotopic (exact) mass is 316 g/mol. The van der Waals surface area contributed by atoms with E-state index in [1.807, 2.05) is 0 Å². The van der Waals surface area contributed by atoms with Crippen molar-refractivity contribution in [3.8, 4) is 0 Å². The Balaban J connectivity index is 1.60. The third kappa shape index (κ3) is 3.49. The maximum absolute atomic E-state index is 12.4. The Morgan fingerprint density at radius 1 is 1.13 bits per heavy atom. The van der Waals surface area contributed by atoms with Crippen molar-refractivity contribution in [1.82, 2.24) is 20.1 Å². The molecule has 0 aliphatic carbocycles. The molecule has 23 heavy (non-hydrogen) atoms. The summed E-state index contributed by atoms with van der Waals surface area (Å²) in [5, 5.41) is 2.71. The number of nitrogens with one attached hydrogen (secondary N) is 1. The number of rotatable bonds is 2. The first kappa shape index (κ1) is 15.5. The Labute approximate surface area is 134 Å².